The molecule has 17 heavy (non-hydrogen) atoms. The van der Waals surface area contributed by atoms with Gasteiger partial charge in [-0.15, -0.1) is 0 Å². The average molecular weight is 276 g/mol. The van der Waals surface area contributed by atoms with E-state index in [0.717, 1.165) is 4.31 Å². The quantitative estimate of drug-likeness (QED) is 0.777. The maximum absolute atomic E-state index is 12.1. The molecule has 0 spiro atoms. The van der Waals surface area contributed by atoms with Gasteiger partial charge in [-0.3, -0.25) is 0 Å². The molecule has 2 N–H and O–H groups in total. The Morgan fingerprint density at radius 3 is 2.71 bits per heavy atom. The minimum Gasteiger partial charge on any atom is -0.392 e. The van der Waals surface area contributed by atoms with Gasteiger partial charge in [0.15, 0.2) is 5.03 Å². The van der Waals surface area contributed by atoms with E-state index in [1.807, 2.05) is 6.92 Å². The molecule has 1 heterocycles. The molecule has 0 bridgehead atoms. The first-order valence-electron chi connectivity index (χ1n) is 5.09. The van der Waals surface area contributed by atoms with Crippen molar-refractivity contribution < 1.29 is 8.42 Å². The third-order valence-corrected chi connectivity index (χ3v) is 4.73. The van der Waals surface area contributed by atoms with E-state index in [0.29, 0.717) is 6.54 Å². The van der Waals surface area contributed by atoms with E-state index in [4.69, 9.17) is 18.0 Å². The van der Waals surface area contributed by atoms with Crippen LogP contribution in [0.5, 0.6) is 0 Å². The summed E-state index contributed by atoms with van der Waals surface area (Å²) < 4.78 is 27.1. The predicted octanol–water partition coefficient (Wildman–Crippen LogP) is 0.198. The number of aromatic nitrogens is 2. The second-order valence-corrected chi connectivity index (χ2v) is 6.06. The van der Waals surface area contributed by atoms with E-state index in [9.17, 15) is 8.42 Å². The Bertz CT molecular complexity index is 509. The molecule has 8 heteroatoms. The number of imidazole rings is 1. The highest BCUT2D eigenvalue weighted by Gasteiger charge is 2.28. The van der Waals surface area contributed by atoms with Crippen LogP contribution in [0.15, 0.2) is 17.6 Å². The lowest BCUT2D eigenvalue weighted by Crippen LogP contribution is -2.42. The summed E-state index contributed by atoms with van der Waals surface area (Å²) in [5.41, 5.74) is 5.44. The summed E-state index contributed by atoms with van der Waals surface area (Å²) in [7, 11) is -2.20. The van der Waals surface area contributed by atoms with Crippen LogP contribution in [0, 0.1) is 0 Å². The molecule has 0 aliphatic heterocycles. The first-order chi connectivity index (χ1) is 7.80. The number of sulfonamides is 1. The van der Waals surface area contributed by atoms with Gasteiger partial charge in [0.2, 0.25) is 0 Å². The van der Waals surface area contributed by atoms with Crippen LogP contribution in [0.25, 0.3) is 0 Å². The van der Waals surface area contributed by atoms with Crippen molar-refractivity contribution in [3.05, 3.63) is 12.5 Å². The van der Waals surface area contributed by atoms with E-state index in [2.05, 4.69) is 4.98 Å². The average Bonchev–Trinajstić information content (AvgIpc) is 2.75. The second-order valence-electron chi connectivity index (χ2n) is 3.64. The SMILES string of the molecule is CCn1cnc(S(=O)(=O)N(C)C(C)C(N)=S)c1. The fourth-order valence-corrected chi connectivity index (χ4v) is 2.68. The molecule has 1 aromatic heterocycles. The minimum atomic E-state index is -3.64. The number of hydrogen-bond donors (Lipinski definition) is 1. The van der Waals surface area contributed by atoms with Crippen LogP contribution < -0.4 is 5.73 Å². The Morgan fingerprint density at radius 2 is 2.29 bits per heavy atom. The van der Waals surface area contributed by atoms with Gasteiger partial charge in [0, 0.05) is 19.8 Å². The van der Waals surface area contributed by atoms with Crippen LogP contribution in [0.1, 0.15) is 13.8 Å². The fraction of sp³-hybridized carbons (Fsp3) is 0.556. The van der Waals surface area contributed by atoms with Gasteiger partial charge in [-0.25, -0.2) is 13.4 Å². The molecule has 1 atom stereocenters. The van der Waals surface area contributed by atoms with Crippen LogP contribution in [0.2, 0.25) is 0 Å². The largest absolute Gasteiger partial charge is 0.392 e. The van der Waals surface area contributed by atoms with E-state index in [-0.39, 0.29) is 10.0 Å². The van der Waals surface area contributed by atoms with Gasteiger partial charge in [-0.1, -0.05) is 12.2 Å². The third-order valence-electron chi connectivity index (χ3n) is 2.58. The molecule has 0 aliphatic carbocycles. The molecule has 96 valence electrons. The summed E-state index contributed by atoms with van der Waals surface area (Å²) in [6, 6.07) is -0.540. The van der Waals surface area contributed by atoms with Crippen molar-refractivity contribution in [2.75, 3.05) is 7.05 Å². The standard InChI is InChI=1S/C9H16N4O2S2/c1-4-13-5-8(11-6-13)17(14,15)12(3)7(2)9(10)16/h5-7H,4H2,1-3H3,(H2,10,16). The maximum atomic E-state index is 12.1. The first-order valence-corrected chi connectivity index (χ1v) is 6.94. The van der Waals surface area contributed by atoms with Crippen molar-refractivity contribution in [3.8, 4) is 0 Å². The molecule has 1 aromatic rings. The molecule has 0 saturated carbocycles. The number of aryl methyl sites for hydroxylation is 1. The van der Waals surface area contributed by atoms with Crippen molar-refractivity contribution in [1.29, 1.82) is 0 Å². The van der Waals surface area contributed by atoms with Crippen molar-refractivity contribution in [2.45, 2.75) is 31.5 Å². The molecular weight excluding hydrogens is 260 g/mol. The van der Waals surface area contributed by atoms with Crippen LogP contribution in [0.4, 0.5) is 0 Å². The van der Waals surface area contributed by atoms with Crippen LogP contribution in [-0.4, -0.2) is 40.4 Å². The van der Waals surface area contributed by atoms with Crippen molar-refractivity contribution >= 4 is 27.2 Å². The van der Waals surface area contributed by atoms with Gasteiger partial charge >= 0.3 is 0 Å². The maximum Gasteiger partial charge on any atom is 0.262 e. The van der Waals surface area contributed by atoms with E-state index >= 15 is 0 Å². The zero-order chi connectivity index (χ0) is 13.2. The Morgan fingerprint density at radius 1 is 1.71 bits per heavy atom. The lowest BCUT2D eigenvalue weighted by molar-refractivity contribution is 0.449. The Balaban J connectivity index is 3.06. The third kappa shape index (κ3) is 2.82. The van der Waals surface area contributed by atoms with Gasteiger partial charge < -0.3 is 10.3 Å². The topological polar surface area (TPSA) is 81.2 Å². The van der Waals surface area contributed by atoms with Gasteiger partial charge in [0.05, 0.1) is 17.4 Å². The van der Waals surface area contributed by atoms with E-state index in [1.54, 1.807) is 11.5 Å². The molecule has 0 radical (unpaired) electrons. The minimum absolute atomic E-state index is 0.00458. The second kappa shape index (κ2) is 5.11. The summed E-state index contributed by atoms with van der Waals surface area (Å²) in [6.45, 7) is 4.20. The summed E-state index contributed by atoms with van der Waals surface area (Å²) in [4.78, 5) is 4.00. The molecule has 0 aromatic carbocycles. The molecule has 0 aliphatic rings. The van der Waals surface area contributed by atoms with Crippen molar-refractivity contribution in [2.24, 2.45) is 5.73 Å². The molecule has 0 amide bonds. The number of likely N-dealkylation sites (N-methyl/N-ethyl adjacent to an activating group) is 1. The predicted molar refractivity (Wildman–Crippen MR) is 69.1 cm³/mol. The van der Waals surface area contributed by atoms with E-state index in [1.165, 1.54) is 19.6 Å². The zero-order valence-corrected chi connectivity index (χ0v) is 11.6. The van der Waals surface area contributed by atoms with Crippen molar-refractivity contribution in [1.82, 2.24) is 13.9 Å². The van der Waals surface area contributed by atoms with Gasteiger partial charge in [0.25, 0.3) is 10.0 Å². The van der Waals surface area contributed by atoms with Crippen molar-refractivity contribution in [3.63, 3.8) is 0 Å². The summed E-state index contributed by atoms with van der Waals surface area (Å²) >= 11 is 4.79. The Hall–Kier alpha value is -0.990. The molecule has 0 saturated heterocycles. The number of nitrogens with two attached hydrogens (primary N) is 1. The van der Waals surface area contributed by atoms with Gasteiger partial charge in [-0.05, 0) is 13.8 Å². The molecule has 1 rings (SSSR count). The molecule has 6 nitrogen and oxygen atoms in total. The normalized spacial score (nSPS) is 13.9. The highest BCUT2D eigenvalue weighted by molar-refractivity contribution is 7.89. The first kappa shape index (κ1) is 14.1. The monoisotopic (exact) mass is 276 g/mol. The van der Waals surface area contributed by atoms with E-state index < -0.39 is 16.1 Å². The van der Waals surface area contributed by atoms with Crippen LogP contribution >= 0.6 is 12.2 Å². The molecule has 1 unspecified atom stereocenters. The summed E-state index contributed by atoms with van der Waals surface area (Å²) in [6.07, 6.45) is 2.96. The highest BCUT2D eigenvalue weighted by atomic mass is 32.2. The highest BCUT2D eigenvalue weighted by Crippen LogP contribution is 2.14. The smallest absolute Gasteiger partial charge is 0.262 e. The number of hydrogen-bond acceptors (Lipinski definition) is 4. The lowest BCUT2D eigenvalue weighted by Gasteiger charge is -2.21. The van der Waals surface area contributed by atoms with Crippen LogP contribution in [0.3, 0.4) is 0 Å². The van der Waals surface area contributed by atoms with Gasteiger partial charge in [-0.2, -0.15) is 4.31 Å². The number of thiocarbonyl (C=S) groups is 1. The number of rotatable bonds is 5. The summed E-state index contributed by atoms with van der Waals surface area (Å²) in [5.74, 6) is 0. The van der Waals surface area contributed by atoms with Crippen LogP contribution in [-0.2, 0) is 16.6 Å². The number of nitrogens with zero attached hydrogens (tertiary/aromatic N) is 3. The van der Waals surface area contributed by atoms with Gasteiger partial charge in [0.1, 0.15) is 0 Å². The Kier molecular flexibility index (Phi) is 4.23. The fourth-order valence-electron chi connectivity index (χ4n) is 1.18. The summed E-state index contributed by atoms with van der Waals surface area (Å²) in [5, 5.41) is 0.00458. The molecule has 0 fully saturated rings. The molecular formula is C9H16N4O2S2. The zero-order valence-electron chi connectivity index (χ0n) is 9.99. The Labute approximate surface area is 106 Å². The lowest BCUT2D eigenvalue weighted by atomic mass is 10.3.